The summed E-state index contributed by atoms with van der Waals surface area (Å²) in [6.45, 7) is 0. The summed E-state index contributed by atoms with van der Waals surface area (Å²) in [7, 11) is 0. The highest BCUT2D eigenvalue weighted by Crippen LogP contribution is 2.29. The van der Waals surface area contributed by atoms with Gasteiger partial charge in [-0.15, -0.1) is 0 Å². The summed E-state index contributed by atoms with van der Waals surface area (Å²) in [4.78, 5) is 8.76. The number of halogens is 2. The van der Waals surface area contributed by atoms with Crippen molar-refractivity contribution < 1.29 is 0 Å². The van der Waals surface area contributed by atoms with Crippen LogP contribution in [0.4, 0.5) is 0 Å². The van der Waals surface area contributed by atoms with E-state index in [0.717, 1.165) is 11.1 Å². The third-order valence-corrected chi connectivity index (χ3v) is 4.73. The first-order valence-electron chi connectivity index (χ1n) is 7.07. The monoisotopic (exact) mass is 371 g/mol. The summed E-state index contributed by atoms with van der Waals surface area (Å²) in [6.07, 6.45) is 0. The number of benzene rings is 2. The minimum atomic E-state index is 0.171. The second-order valence-electron chi connectivity index (χ2n) is 4.91. The molecule has 0 aliphatic rings. The van der Waals surface area contributed by atoms with Gasteiger partial charge in [0.2, 0.25) is 0 Å². The number of nitrogens with zero attached hydrogens (tertiary/aromatic N) is 3. The molecule has 0 unspecified atom stereocenters. The van der Waals surface area contributed by atoms with Gasteiger partial charge in [-0.2, -0.15) is 5.26 Å². The van der Waals surface area contributed by atoms with Crippen molar-refractivity contribution in [3.05, 3.63) is 75.9 Å². The van der Waals surface area contributed by atoms with E-state index in [9.17, 15) is 5.26 Å². The van der Waals surface area contributed by atoms with E-state index in [0.29, 0.717) is 27.2 Å². The maximum atomic E-state index is 9.35. The smallest absolute Gasteiger partial charge is 0.189 e. The Morgan fingerprint density at radius 1 is 0.958 bits per heavy atom. The molecule has 0 aliphatic heterocycles. The highest BCUT2D eigenvalue weighted by molar-refractivity contribution is 7.98. The van der Waals surface area contributed by atoms with Crippen molar-refractivity contribution in [1.82, 2.24) is 9.97 Å². The van der Waals surface area contributed by atoms with Gasteiger partial charge in [0.1, 0.15) is 11.6 Å². The molecule has 0 aliphatic carbocycles. The third-order valence-electron chi connectivity index (χ3n) is 3.28. The third kappa shape index (κ3) is 3.88. The van der Waals surface area contributed by atoms with Gasteiger partial charge in [0.25, 0.3) is 0 Å². The number of hydrogen-bond acceptors (Lipinski definition) is 4. The first-order chi connectivity index (χ1) is 11.7. The van der Waals surface area contributed by atoms with E-state index in [4.69, 9.17) is 23.2 Å². The van der Waals surface area contributed by atoms with Crippen LogP contribution in [0.25, 0.3) is 11.3 Å². The van der Waals surface area contributed by atoms with Crippen molar-refractivity contribution in [2.45, 2.75) is 10.9 Å². The molecule has 0 radical (unpaired) electrons. The lowest BCUT2D eigenvalue weighted by molar-refractivity contribution is 0.966. The Labute approximate surface area is 154 Å². The molecule has 0 N–H and O–H groups in total. The Hall–Kier alpha value is -2.06. The Kier molecular flexibility index (Phi) is 5.37. The molecule has 2 aromatic carbocycles. The summed E-state index contributed by atoms with van der Waals surface area (Å²) in [5.41, 5.74) is 2.79. The molecule has 6 heteroatoms. The van der Waals surface area contributed by atoms with Crippen molar-refractivity contribution in [2.24, 2.45) is 0 Å². The van der Waals surface area contributed by atoms with Gasteiger partial charge in [0, 0.05) is 16.3 Å². The van der Waals surface area contributed by atoms with E-state index in [1.54, 1.807) is 0 Å². The molecular weight excluding hydrogens is 361 g/mol. The van der Waals surface area contributed by atoms with Crippen LogP contribution in [0.3, 0.4) is 0 Å². The van der Waals surface area contributed by atoms with E-state index >= 15 is 0 Å². The highest BCUT2D eigenvalue weighted by Gasteiger charge is 2.15. The fourth-order valence-corrected chi connectivity index (χ4v) is 3.30. The molecule has 1 aromatic heterocycles. The Morgan fingerprint density at radius 3 is 2.33 bits per heavy atom. The first-order valence-corrected chi connectivity index (χ1v) is 8.82. The average molecular weight is 372 g/mol. The fraction of sp³-hybridized carbons (Fsp3) is 0.0556. The lowest BCUT2D eigenvalue weighted by atomic mass is 10.1. The molecule has 0 fully saturated rings. The van der Waals surface area contributed by atoms with Crippen LogP contribution in [-0.2, 0) is 5.75 Å². The van der Waals surface area contributed by atoms with E-state index in [-0.39, 0.29) is 5.15 Å². The van der Waals surface area contributed by atoms with Gasteiger partial charge in [-0.25, -0.2) is 9.97 Å². The van der Waals surface area contributed by atoms with Gasteiger partial charge in [-0.05, 0) is 17.7 Å². The van der Waals surface area contributed by atoms with Crippen LogP contribution in [0.5, 0.6) is 0 Å². The number of nitriles is 1. The van der Waals surface area contributed by atoms with E-state index in [2.05, 4.69) is 16.0 Å². The van der Waals surface area contributed by atoms with Gasteiger partial charge in [0.05, 0.1) is 5.69 Å². The molecule has 118 valence electrons. The molecule has 0 atom stereocenters. The molecular formula is C18H11Cl2N3S. The van der Waals surface area contributed by atoms with Crippen LogP contribution in [-0.4, -0.2) is 9.97 Å². The maximum absolute atomic E-state index is 9.35. The van der Waals surface area contributed by atoms with Crippen molar-refractivity contribution in [3.63, 3.8) is 0 Å². The van der Waals surface area contributed by atoms with Crippen LogP contribution in [0, 0.1) is 11.3 Å². The topological polar surface area (TPSA) is 49.6 Å². The van der Waals surface area contributed by atoms with Crippen molar-refractivity contribution in [1.29, 1.82) is 5.26 Å². The molecule has 0 spiro atoms. The lowest BCUT2D eigenvalue weighted by Gasteiger charge is -2.08. The first kappa shape index (κ1) is 16.8. The SMILES string of the molecule is N#Cc1c(Cl)nc(SCc2ccc(Cl)cc2)nc1-c1ccccc1. The predicted molar refractivity (Wildman–Crippen MR) is 98.2 cm³/mol. The quantitative estimate of drug-likeness (QED) is 0.339. The van der Waals surface area contributed by atoms with Crippen molar-refractivity contribution in [2.75, 3.05) is 0 Å². The fourth-order valence-electron chi connectivity index (χ4n) is 2.11. The van der Waals surface area contributed by atoms with Crippen LogP contribution >= 0.6 is 35.0 Å². The zero-order valence-electron chi connectivity index (χ0n) is 12.4. The second kappa shape index (κ2) is 7.67. The molecule has 0 saturated carbocycles. The van der Waals surface area contributed by atoms with E-state index < -0.39 is 0 Å². The minimum Gasteiger partial charge on any atom is -0.221 e. The Balaban J connectivity index is 1.91. The molecule has 3 aromatic rings. The predicted octanol–water partition coefficient (Wildman–Crippen LogP) is 5.61. The molecule has 24 heavy (non-hydrogen) atoms. The molecule has 3 nitrogen and oxygen atoms in total. The number of hydrogen-bond donors (Lipinski definition) is 0. The average Bonchev–Trinajstić information content (AvgIpc) is 2.61. The number of aromatic nitrogens is 2. The van der Waals surface area contributed by atoms with Gasteiger partial charge in [0.15, 0.2) is 10.3 Å². The lowest BCUT2D eigenvalue weighted by Crippen LogP contribution is -1.97. The van der Waals surface area contributed by atoms with Crippen LogP contribution in [0.15, 0.2) is 59.8 Å². The number of thioether (sulfide) groups is 1. The number of rotatable bonds is 4. The van der Waals surface area contributed by atoms with Gasteiger partial charge < -0.3 is 0 Å². The molecule has 3 rings (SSSR count). The largest absolute Gasteiger partial charge is 0.221 e. The second-order valence-corrected chi connectivity index (χ2v) is 6.65. The normalized spacial score (nSPS) is 10.4. The van der Waals surface area contributed by atoms with Crippen molar-refractivity contribution >= 4 is 35.0 Å². The zero-order valence-corrected chi connectivity index (χ0v) is 14.7. The standard InChI is InChI=1S/C18H11Cl2N3S/c19-14-8-6-12(7-9-14)11-24-18-22-16(13-4-2-1-3-5-13)15(10-21)17(20)23-18/h1-9H,11H2. The van der Waals surface area contributed by atoms with Crippen LogP contribution < -0.4 is 0 Å². The molecule has 0 saturated heterocycles. The Bertz CT molecular complexity index is 891. The molecule has 1 heterocycles. The molecule has 0 bridgehead atoms. The van der Waals surface area contributed by atoms with Crippen LogP contribution in [0.1, 0.15) is 11.1 Å². The summed E-state index contributed by atoms with van der Waals surface area (Å²) >= 11 is 13.5. The van der Waals surface area contributed by atoms with Gasteiger partial charge in [-0.3, -0.25) is 0 Å². The summed E-state index contributed by atoms with van der Waals surface area (Å²) in [5, 5.41) is 10.8. The molecule has 0 amide bonds. The van der Waals surface area contributed by atoms with E-state index in [1.165, 1.54) is 11.8 Å². The zero-order chi connectivity index (χ0) is 16.9. The van der Waals surface area contributed by atoms with Crippen LogP contribution in [0.2, 0.25) is 10.2 Å². The van der Waals surface area contributed by atoms with Gasteiger partial charge >= 0.3 is 0 Å². The summed E-state index contributed by atoms with van der Waals surface area (Å²) in [6, 6.07) is 19.2. The van der Waals surface area contributed by atoms with E-state index in [1.807, 2.05) is 54.6 Å². The minimum absolute atomic E-state index is 0.171. The highest BCUT2D eigenvalue weighted by atomic mass is 35.5. The maximum Gasteiger partial charge on any atom is 0.189 e. The van der Waals surface area contributed by atoms with Crippen molar-refractivity contribution in [3.8, 4) is 17.3 Å². The Morgan fingerprint density at radius 2 is 1.67 bits per heavy atom. The summed E-state index contributed by atoms with van der Waals surface area (Å²) < 4.78 is 0. The van der Waals surface area contributed by atoms with Gasteiger partial charge in [-0.1, -0.05) is 77.4 Å². The summed E-state index contributed by atoms with van der Waals surface area (Å²) in [5.74, 6) is 0.688.